The van der Waals surface area contributed by atoms with Gasteiger partial charge < -0.3 is 20.1 Å². The average Bonchev–Trinajstić information content (AvgIpc) is 2.92. The molecule has 0 aliphatic carbocycles. The second-order valence-corrected chi connectivity index (χ2v) is 6.71. The Labute approximate surface area is 147 Å². The molecule has 2 aliphatic heterocycles. The van der Waals surface area contributed by atoms with E-state index in [0.717, 1.165) is 25.9 Å². The van der Waals surface area contributed by atoms with Gasteiger partial charge in [0.15, 0.2) is 11.5 Å². The first-order valence-corrected chi connectivity index (χ1v) is 8.78. The first-order chi connectivity index (χ1) is 12.0. The number of hydrogen-bond acceptors (Lipinski definition) is 5. The summed E-state index contributed by atoms with van der Waals surface area (Å²) in [5.74, 6) is -0.0426. The van der Waals surface area contributed by atoms with Crippen LogP contribution in [0, 0.1) is 0 Å². The molecule has 0 spiro atoms. The van der Waals surface area contributed by atoms with Crippen LogP contribution in [-0.2, 0) is 9.59 Å². The second kappa shape index (κ2) is 7.74. The predicted molar refractivity (Wildman–Crippen MR) is 93.9 cm³/mol. The van der Waals surface area contributed by atoms with E-state index in [4.69, 9.17) is 9.47 Å². The van der Waals surface area contributed by atoms with Crippen LogP contribution in [0.25, 0.3) is 0 Å². The van der Waals surface area contributed by atoms with Crippen molar-refractivity contribution in [3.63, 3.8) is 0 Å². The summed E-state index contributed by atoms with van der Waals surface area (Å²) in [6.07, 6.45) is 1.68. The molecule has 0 unspecified atom stereocenters. The van der Waals surface area contributed by atoms with Crippen molar-refractivity contribution < 1.29 is 19.1 Å². The maximum Gasteiger partial charge on any atom is 0.313 e. The van der Waals surface area contributed by atoms with E-state index in [1.54, 1.807) is 18.2 Å². The maximum absolute atomic E-state index is 12.1. The molecule has 0 bridgehead atoms. The van der Waals surface area contributed by atoms with Crippen molar-refractivity contribution in [1.29, 1.82) is 0 Å². The fraction of sp³-hybridized carbons (Fsp3) is 0.556. The molecule has 7 heteroatoms. The van der Waals surface area contributed by atoms with Crippen LogP contribution in [0.15, 0.2) is 18.2 Å². The number of amides is 2. The Morgan fingerprint density at radius 2 is 1.92 bits per heavy atom. The number of hydrogen-bond donors (Lipinski definition) is 2. The molecule has 1 aromatic rings. The molecule has 0 aromatic heterocycles. The Hall–Kier alpha value is -2.28. The van der Waals surface area contributed by atoms with E-state index < -0.39 is 11.8 Å². The minimum absolute atomic E-state index is 0.0180. The number of benzene rings is 1. The molecule has 3 rings (SSSR count). The van der Waals surface area contributed by atoms with E-state index in [1.165, 1.54) is 0 Å². The lowest BCUT2D eigenvalue weighted by atomic mass is 10.2. The molecular formula is C18H25N3O4. The predicted octanol–water partition coefficient (Wildman–Crippen LogP) is 1.39. The Morgan fingerprint density at radius 1 is 1.16 bits per heavy atom. The number of anilines is 1. The van der Waals surface area contributed by atoms with Gasteiger partial charge in [0, 0.05) is 43.3 Å². The lowest BCUT2D eigenvalue weighted by molar-refractivity contribution is -0.136. The average molecular weight is 347 g/mol. The zero-order valence-electron chi connectivity index (χ0n) is 14.7. The summed E-state index contributed by atoms with van der Waals surface area (Å²) in [5, 5.41) is 5.43. The van der Waals surface area contributed by atoms with Crippen LogP contribution in [0.5, 0.6) is 11.5 Å². The summed E-state index contributed by atoms with van der Waals surface area (Å²) in [6, 6.07) is 5.59. The van der Waals surface area contributed by atoms with E-state index in [1.807, 2.05) is 0 Å². The summed E-state index contributed by atoms with van der Waals surface area (Å²) < 4.78 is 11.1. The molecule has 2 heterocycles. The van der Waals surface area contributed by atoms with Gasteiger partial charge in [-0.05, 0) is 32.4 Å². The largest absolute Gasteiger partial charge is 0.490 e. The van der Waals surface area contributed by atoms with Crippen molar-refractivity contribution in [2.24, 2.45) is 0 Å². The van der Waals surface area contributed by atoms with Crippen molar-refractivity contribution in [3.8, 4) is 11.5 Å². The third kappa shape index (κ3) is 4.42. The van der Waals surface area contributed by atoms with E-state index in [0.29, 0.717) is 36.4 Å². The fourth-order valence-electron chi connectivity index (χ4n) is 3.05. The molecule has 2 aliphatic rings. The highest BCUT2D eigenvalue weighted by Gasteiger charge is 2.27. The molecule has 0 radical (unpaired) electrons. The number of nitrogens with one attached hydrogen (secondary N) is 2. The Bertz CT molecular complexity index is 647. The van der Waals surface area contributed by atoms with E-state index in [2.05, 4.69) is 29.4 Å². The quantitative estimate of drug-likeness (QED) is 0.808. The number of nitrogens with zero attached hydrogens (tertiary/aromatic N) is 1. The molecule has 2 amide bonds. The van der Waals surface area contributed by atoms with Crippen LogP contribution >= 0.6 is 0 Å². The van der Waals surface area contributed by atoms with Crippen LogP contribution in [0.1, 0.15) is 26.7 Å². The van der Waals surface area contributed by atoms with Gasteiger partial charge in [0.05, 0.1) is 13.2 Å². The van der Waals surface area contributed by atoms with Gasteiger partial charge in [-0.3, -0.25) is 14.5 Å². The first-order valence-electron chi connectivity index (χ1n) is 8.78. The lowest BCUT2D eigenvalue weighted by Gasteiger charge is -2.20. The van der Waals surface area contributed by atoms with Gasteiger partial charge in [0.2, 0.25) is 0 Å². The molecule has 0 saturated carbocycles. The maximum atomic E-state index is 12.1. The zero-order chi connectivity index (χ0) is 17.8. The summed E-state index contributed by atoms with van der Waals surface area (Å²) >= 11 is 0. The minimum atomic E-state index is -0.669. The van der Waals surface area contributed by atoms with Crippen molar-refractivity contribution in [1.82, 2.24) is 10.2 Å². The fourth-order valence-corrected chi connectivity index (χ4v) is 3.05. The van der Waals surface area contributed by atoms with E-state index in [-0.39, 0.29) is 6.04 Å². The van der Waals surface area contributed by atoms with Crippen molar-refractivity contribution in [2.45, 2.75) is 38.8 Å². The number of fused-ring (bicyclic) bond motifs is 1. The van der Waals surface area contributed by atoms with Gasteiger partial charge in [0.25, 0.3) is 0 Å². The number of carbonyl (C=O) groups excluding carboxylic acids is 2. The normalized spacial score (nSPS) is 20.2. The second-order valence-electron chi connectivity index (χ2n) is 6.71. The molecule has 1 saturated heterocycles. The Kier molecular flexibility index (Phi) is 5.43. The summed E-state index contributed by atoms with van der Waals surface area (Å²) in [5.41, 5.74) is 0.514. The molecule has 1 aromatic carbocycles. The SMILES string of the molecule is CC(C)N1CC[C@@H](NC(=O)C(=O)Nc2ccc3c(c2)OCCCO3)C1. The highest BCUT2D eigenvalue weighted by Crippen LogP contribution is 2.32. The molecular weight excluding hydrogens is 322 g/mol. The van der Waals surface area contributed by atoms with Crippen LogP contribution in [-0.4, -0.2) is 55.1 Å². The Balaban J connectivity index is 1.55. The van der Waals surface area contributed by atoms with Crippen LogP contribution in [0.4, 0.5) is 5.69 Å². The molecule has 1 atom stereocenters. The van der Waals surface area contributed by atoms with E-state index >= 15 is 0 Å². The van der Waals surface area contributed by atoms with Crippen LogP contribution < -0.4 is 20.1 Å². The zero-order valence-corrected chi connectivity index (χ0v) is 14.7. The topological polar surface area (TPSA) is 79.9 Å². The van der Waals surface area contributed by atoms with Gasteiger partial charge in [-0.25, -0.2) is 0 Å². The van der Waals surface area contributed by atoms with Crippen LogP contribution in [0.2, 0.25) is 0 Å². The van der Waals surface area contributed by atoms with Crippen LogP contribution in [0.3, 0.4) is 0 Å². The van der Waals surface area contributed by atoms with Gasteiger partial charge in [0.1, 0.15) is 0 Å². The summed E-state index contributed by atoms with van der Waals surface area (Å²) in [4.78, 5) is 26.6. The van der Waals surface area contributed by atoms with Gasteiger partial charge in [-0.1, -0.05) is 0 Å². The highest BCUT2D eigenvalue weighted by atomic mass is 16.5. The third-order valence-corrected chi connectivity index (χ3v) is 4.50. The third-order valence-electron chi connectivity index (χ3n) is 4.50. The smallest absolute Gasteiger partial charge is 0.313 e. The summed E-state index contributed by atoms with van der Waals surface area (Å²) in [6.45, 7) is 7.14. The monoisotopic (exact) mass is 347 g/mol. The minimum Gasteiger partial charge on any atom is -0.490 e. The number of ether oxygens (including phenoxy) is 2. The lowest BCUT2D eigenvalue weighted by Crippen LogP contribution is -2.43. The van der Waals surface area contributed by atoms with Gasteiger partial charge in [-0.15, -0.1) is 0 Å². The molecule has 1 fully saturated rings. The van der Waals surface area contributed by atoms with Crippen molar-refractivity contribution in [3.05, 3.63) is 18.2 Å². The molecule has 7 nitrogen and oxygen atoms in total. The standard InChI is InChI=1S/C18H25N3O4/c1-12(2)21-7-6-14(11-21)20-18(23)17(22)19-13-4-5-15-16(10-13)25-9-3-8-24-15/h4-5,10,12,14H,3,6-9,11H2,1-2H3,(H,19,22)(H,20,23)/t14-/m1/s1. The highest BCUT2D eigenvalue weighted by molar-refractivity contribution is 6.39. The molecule has 2 N–H and O–H groups in total. The first kappa shape index (κ1) is 17.5. The summed E-state index contributed by atoms with van der Waals surface area (Å²) in [7, 11) is 0. The molecule has 136 valence electrons. The van der Waals surface area contributed by atoms with Gasteiger partial charge in [-0.2, -0.15) is 0 Å². The van der Waals surface area contributed by atoms with Gasteiger partial charge >= 0.3 is 11.8 Å². The number of rotatable bonds is 3. The Morgan fingerprint density at radius 3 is 2.64 bits per heavy atom. The number of carbonyl (C=O) groups is 2. The van der Waals surface area contributed by atoms with Crippen molar-refractivity contribution >= 4 is 17.5 Å². The molecule has 25 heavy (non-hydrogen) atoms. The number of likely N-dealkylation sites (tertiary alicyclic amines) is 1. The van der Waals surface area contributed by atoms with Crippen molar-refractivity contribution in [2.75, 3.05) is 31.6 Å². The van der Waals surface area contributed by atoms with E-state index in [9.17, 15) is 9.59 Å².